The molecule has 0 aliphatic heterocycles. The Bertz CT molecular complexity index is 1050. The predicted octanol–water partition coefficient (Wildman–Crippen LogP) is 7.10. The van der Waals surface area contributed by atoms with Crippen LogP contribution >= 0.6 is 0 Å². The predicted molar refractivity (Wildman–Crippen MR) is 106 cm³/mol. The van der Waals surface area contributed by atoms with Crippen LogP contribution in [0.2, 0.25) is 0 Å². The zero-order valence-corrected chi connectivity index (χ0v) is 14.8. The molecule has 28 heavy (non-hydrogen) atoms. The van der Waals surface area contributed by atoms with Crippen LogP contribution in [-0.4, -0.2) is 4.98 Å². The maximum absolute atomic E-state index is 12.7. The summed E-state index contributed by atoms with van der Waals surface area (Å²) in [7, 11) is 0. The summed E-state index contributed by atoms with van der Waals surface area (Å²) in [6, 6.07) is 25.2. The third-order valence-electron chi connectivity index (χ3n) is 4.66. The van der Waals surface area contributed by atoms with Gasteiger partial charge in [-0.3, -0.25) is 4.98 Å². The molecule has 4 rings (SSSR count). The van der Waals surface area contributed by atoms with Gasteiger partial charge in [-0.05, 0) is 57.6 Å². The van der Waals surface area contributed by atoms with E-state index in [9.17, 15) is 13.2 Å². The Labute approximate surface area is 161 Å². The van der Waals surface area contributed by atoms with E-state index in [1.54, 1.807) is 12.4 Å². The maximum atomic E-state index is 12.7. The molecule has 0 N–H and O–H groups in total. The summed E-state index contributed by atoms with van der Waals surface area (Å²) in [5.41, 5.74) is 5.36. The molecule has 138 valence electrons. The van der Waals surface area contributed by atoms with Crippen molar-refractivity contribution in [3.05, 3.63) is 103 Å². The second-order valence-electron chi connectivity index (χ2n) is 6.47. The Morgan fingerprint density at radius 3 is 1.04 bits per heavy atom. The van der Waals surface area contributed by atoms with Gasteiger partial charge in [-0.15, -0.1) is 0 Å². The molecule has 0 fully saturated rings. The van der Waals surface area contributed by atoms with Gasteiger partial charge in [0.2, 0.25) is 0 Å². The number of halogens is 3. The molecule has 3 aromatic carbocycles. The average molecular weight is 375 g/mol. The quantitative estimate of drug-likeness (QED) is 0.372. The summed E-state index contributed by atoms with van der Waals surface area (Å²) in [5, 5.41) is 0. The van der Waals surface area contributed by atoms with Crippen LogP contribution in [0.4, 0.5) is 13.2 Å². The van der Waals surface area contributed by atoms with E-state index in [0.29, 0.717) is 0 Å². The number of hydrogen-bond donors (Lipinski definition) is 0. The zero-order valence-electron chi connectivity index (χ0n) is 14.8. The number of rotatable bonds is 3. The molecule has 1 nitrogen and oxygen atoms in total. The van der Waals surface area contributed by atoms with Crippen LogP contribution in [0.5, 0.6) is 0 Å². The molecule has 1 heterocycles. The van der Waals surface area contributed by atoms with Crippen molar-refractivity contribution in [1.82, 2.24) is 4.98 Å². The Kier molecular flexibility index (Phi) is 4.70. The molecule has 0 radical (unpaired) electrons. The molecule has 0 saturated carbocycles. The number of pyridine rings is 1. The normalized spacial score (nSPS) is 11.4. The molecule has 4 aromatic rings. The average Bonchev–Trinajstić information content (AvgIpc) is 2.74. The lowest BCUT2D eigenvalue weighted by Gasteiger charge is -2.09. The molecule has 0 aliphatic rings. The van der Waals surface area contributed by atoms with Crippen LogP contribution in [-0.2, 0) is 6.18 Å². The zero-order chi connectivity index (χ0) is 19.6. The van der Waals surface area contributed by atoms with Crippen LogP contribution in [0.15, 0.2) is 97.3 Å². The molecular weight excluding hydrogens is 359 g/mol. The lowest BCUT2D eigenvalue weighted by Crippen LogP contribution is -2.03. The first kappa shape index (κ1) is 18.0. The second-order valence-corrected chi connectivity index (χ2v) is 6.47. The van der Waals surface area contributed by atoms with E-state index in [0.717, 1.165) is 45.5 Å². The minimum absolute atomic E-state index is 0.637. The van der Waals surface area contributed by atoms with Gasteiger partial charge in [-0.25, -0.2) is 0 Å². The van der Waals surface area contributed by atoms with E-state index in [2.05, 4.69) is 29.2 Å². The number of hydrogen-bond acceptors (Lipinski definition) is 1. The van der Waals surface area contributed by atoms with Gasteiger partial charge in [-0.1, -0.05) is 60.7 Å². The molecule has 0 saturated heterocycles. The fraction of sp³-hybridized carbons (Fsp3) is 0.0417. The van der Waals surface area contributed by atoms with Crippen molar-refractivity contribution in [3.63, 3.8) is 0 Å². The number of aromatic nitrogens is 1. The third kappa shape index (κ3) is 3.81. The lowest BCUT2D eigenvalue weighted by atomic mass is 9.98. The lowest BCUT2D eigenvalue weighted by molar-refractivity contribution is -0.137. The van der Waals surface area contributed by atoms with Gasteiger partial charge in [0.05, 0.1) is 5.56 Å². The summed E-state index contributed by atoms with van der Waals surface area (Å²) in [4.78, 5) is 4.03. The molecule has 0 amide bonds. The Hall–Kier alpha value is -3.40. The highest BCUT2D eigenvalue weighted by Gasteiger charge is 2.29. The van der Waals surface area contributed by atoms with Gasteiger partial charge in [0, 0.05) is 12.4 Å². The first-order chi connectivity index (χ1) is 13.5. The smallest absolute Gasteiger partial charge is 0.265 e. The van der Waals surface area contributed by atoms with Crippen LogP contribution < -0.4 is 0 Å². The third-order valence-corrected chi connectivity index (χ3v) is 4.66. The van der Waals surface area contributed by atoms with Gasteiger partial charge < -0.3 is 0 Å². The number of alkyl halides is 3. The van der Waals surface area contributed by atoms with Crippen LogP contribution in [0, 0.1) is 0 Å². The molecule has 4 heteroatoms. The standard InChI is InChI=1S/C24H16F3N/c25-24(26,27)23-11-9-21(10-12-23)19-3-1-17(2-4-19)18-5-7-20(8-6-18)22-13-15-28-16-14-22/h1-16H. The van der Waals surface area contributed by atoms with Crippen LogP contribution in [0.25, 0.3) is 33.4 Å². The van der Waals surface area contributed by atoms with Gasteiger partial charge in [0.25, 0.3) is 0 Å². The van der Waals surface area contributed by atoms with Gasteiger partial charge in [-0.2, -0.15) is 13.2 Å². The van der Waals surface area contributed by atoms with Crippen molar-refractivity contribution < 1.29 is 13.2 Å². The molecule has 0 bridgehead atoms. The van der Waals surface area contributed by atoms with Crippen molar-refractivity contribution in [2.45, 2.75) is 6.18 Å². The van der Waals surface area contributed by atoms with Gasteiger partial charge in [0.1, 0.15) is 0 Å². The van der Waals surface area contributed by atoms with Crippen molar-refractivity contribution in [2.24, 2.45) is 0 Å². The first-order valence-corrected chi connectivity index (χ1v) is 8.79. The van der Waals surface area contributed by atoms with E-state index in [1.165, 1.54) is 12.1 Å². The Morgan fingerprint density at radius 1 is 0.429 bits per heavy atom. The topological polar surface area (TPSA) is 12.9 Å². The Balaban J connectivity index is 1.55. The van der Waals surface area contributed by atoms with Gasteiger partial charge >= 0.3 is 6.18 Å². The van der Waals surface area contributed by atoms with Crippen molar-refractivity contribution in [2.75, 3.05) is 0 Å². The van der Waals surface area contributed by atoms with E-state index in [4.69, 9.17) is 0 Å². The molecular formula is C24H16F3N. The van der Waals surface area contributed by atoms with Crippen molar-refractivity contribution in [3.8, 4) is 33.4 Å². The fourth-order valence-electron chi connectivity index (χ4n) is 3.11. The largest absolute Gasteiger partial charge is 0.416 e. The number of benzene rings is 3. The van der Waals surface area contributed by atoms with E-state index in [-0.39, 0.29) is 0 Å². The summed E-state index contributed by atoms with van der Waals surface area (Å²) in [6.45, 7) is 0. The van der Waals surface area contributed by atoms with E-state index >= 15 is 0 Å². The minimum Gasteiger partial charge on any atom is -0.265 e. The fourth-order valence-corrected chi connectivity index (χ4v) is 3.11. The SMILES string of the molecule is FC(F)(F)c1ccc(-c2ccc(-c3ccc(-c4ccncc4)cc3)cc2)cc1. The maximum Gasteiger partial charge on any atom is 0.416 e. The molecule has 1 aromatic heterocycles. The van der Waals surface area contributed by atoms with Crippen molar-refractivity contribution in [1.29, 1.82) is 0 Å². The summed E-state index contributed by atoms with van der Waals surface area (Å²) < 4.78 is 38.1. The summed E-state index contributed by atoms with van der Waals surface area (Å²) >= 11 is 0. The minimum atomic E-state index is -4.31. The summed E-state index contributed by atoms with van der Waals surface area (Å²) in [5.74, 6) is 0. The first-order valence-electron chi connectivity index (χ1n) is 8.79. The monoisotopic (exact) mass is 375 g/mol. The van der Waals surface area contributed by atoms with E-state index in [1.807, 2.05) is 36.4 Å². The van der Waals surface area contributed by atoms with Crippen LogP contribution in [0.1, 0.15) is 5.56 Å². The molecule has 0 spiro atoms. The second kappa shape index (κ2) is 7.31. The van der Waals surface area contributed by atoms with Crippen LogP contribution in [0.3, 0.4) is 0 Å². The highest BCUT2D eigenvalue weighted by Crippen LogP contribution is 2.32. The molecule has 0 unspecified atom stereocenters. The molecule has 0 atom stereocenters. The highest BCUT2D eigenvalue weighted by atomic mass is 19.4. The summed E-state index contributed by atoms with van der Waals surface area (Å²) in [6.07, 6.45) is -0.781. The number of nitrogens with zero attached hydrogens (tertiary/aromatic N) is 1. The van der Waals surface area contributed by atoms with Gasteiger partial charge in [0.15, 0.2) is 0 Å². The van der Waals surface area contributed by atoms with Crippen molar-refractivity contribution >= 4 is 0 Å². The van der Waals surface area contributed by atoms with E-state index < -0.39 is 11.7 Å². The Morgan fingerprint density at radius 2 is 0.714 bits per heavy atom. The highest BCUT2D eigenvalue weighted by molar-refractivity contribution is 5.73. The molecule has 0 aliphatic carbocycles.